The lowest BCUT2D eigenvalue weighted by molar-refractivity contribution is 0.221. The molecule has 1 aromatic carbocycles. The highest BCUT2D eigenvalue weighted by Gasteiger charge is 2.45. The van der Waals surface area contributed by atoms with Crippen molar-refractivity contribution in [3.63, 3.8) is 0 Å². The lowest BCUT2D eigenvalue weighted by Crippen LogP contribution is -2.49. The Kier molecular flexibility index (Phi) is 3.22. The fourth-order valence-electron chi connectivity index (χ4n) is 4.02. The number of benzene rings is 1. The van der Waals surface area contributed by atoms with Gasteiger partial charge in [0.25, 0.3) is 0 Å². The van der Waals surface area contributed by atoms with E-state index in [-0.39, 0.29) is 5.41 Å². The topological polar surface area (TPSA) is 61.8 Å². The summed E-state index contributed by atoms with van der Waals surface area (Å²) in [5.74, 6) is 1.24. The second-order valence-electron chi connectivity index (χ2n) is 6.93. The van der Waals surface area contributed by atoms with Crippen molar-refractivity contribution < 1.29 is 0 Å². The molecule has 0 radical (unpaired) electrons. The Labute approximate surface area is 121 Å². The molecule has 106 valence electrons. The van der Waals surface area contributed by atoms with E-state index in [4.69, 9.17) is 11.0 Å². The summed E-state index contributed by atoms with van der Waals surface area (Å²) < 4.78 is 0. The Hall–Kier alpha value is -1.53. The molecule has 1 aliphatic heterocycles. The molecule has 0 bridgehead atoms. The Morgan fingerprint density at radius 1 is 1.40 bits per heavy atom. The van der Waals surface area contributed by atoms with Crippen LogP contribution in [0.25, 0.3) is 0 Å². The Balaban J connectivity index is 2.04. The maximum atomic E-state index is 9.11. The number of hydrogen-bond acceptors (Lipinski definition) is 3. The molecule has 1 fully saturated rings. The maximum absolute atomic E-state index is 9.11. The highest BCUT2D eigenvalue weighted by Crippen LogP contribution is 2.51. The first-order chi connectivity index (χ1) is 9.56. The van der Waals surface area contributed by atoms with Gasteiger partial charge in [-0.2, -0.15) is 5.26 Å². The van der Waals surface area contributed by atoms with Gasteiger partial charge in [-0.1, -0.05) is 20.3 Å². The predicted octanol–water partition coefficient (Wildman–Crippen LogP) is 3.22. The molecule has 0 unspecified atom stereocenters. The van der Waals surface area contributed by atoms with Crippen molar-refractivity contribution in [1.82, 2.24) is 0 Å². The van der Waals surface area contributed by atoms with Gasteiger partial charge in [0.2, 0.25) is 0 Å². The molecule has 3 heteroatoms. The molecule has 1 saturated carbocycles. The molecule has 0 aromatic heterocycles. The van der Waals surface area contributed by atoms with Crippen LogP contribution in [0, 0.1) is 22.7 Å². The molecule has 1 heterocycles. The van der Waals surface area contributed by atoms with E-state index in [1.54, 1.807) is 0 Å². The second-order valence-corrected chi connectivity index (χ2v) is 6.93. The number of anilines is 1. The van der Waals surface area contributed by atoms with Gasteiger partial charge in [0.1, 0.15) is 0 Å². The van der Waals surface area contributed by atoms with Gasteiger partial charge in [-0.15, -0.1) is 0 Å². The Morgan fingerprint density at radius 3 is 2.90 bits per heavy atom. The van der Waals surface area contributed by atoms with Crippen molar-refractivity contribution in [3.05, 3.63) is 29.3 Å². The summed E-state index contributed by atoms with van der Waals surface area (Å²) in [5.41, 5.74) is 9.42. The summed E-state index contributed by atoms with van der Waals surface area (Å²) in [6, 6.07) is 8.75. The Bertz CT molecular complexity index is 556. The van der Waals surface area contributed by atoms with Crippen LogP contribution in [-0.4, -0.2) is 12.6 Å². The van der Waals surface area contributed by atoms with E-state index in [9.17, 15) is 0 Å². The van der Waals surface area contributed by atoms with Crippen molar-refractivity contribution >= 4 is 5.69 Å². The SMILES string of the molecule is CC(C)(CN)[C@H]1Nc2ccc(C#N)cc2[C@H]2CCC[C@H]21. The zero-order valence-corrected chi connectivity index (χ0v) is 12.3. The van der Waals surface area contributed by atoms with Crippen LogP contribution in [0.5, 0.6) is 0 Å². The smallest absolute Gasteiger partial charge is 0.0991 e. The summed E-state index contributed by atoms with van der Waals surface area (Å²) in [5, 5.41) is 12.8. The third-order valence-corrected chi connectivity index (χ3v) is 5.26. The fraction of sp³-hybridized carbons (Fsp3) is 0.588. The van der Waals surface area contributed by atoms with Crippen molar-refractivity contribution in [2.75, 3.05) is 11.9 Å². The van der Waals surface area contributed by atoms with Gasteiger partial charge in [0.05, 0.1) is 11.6 Å². The average Bonchev–Trinajstić information content (AvgIpc) is 2.95. The van der Waals surface area contributed by atoms with Crippen LogP contribution >= 0.6 is 0 Å². The van der Waals surface area contributed by atoms with Gasteiger partial charge in [-0.05, 0) is 60.4 Å². The minimum atomic E-state index is 0.0961. The summed E-state index contributed by atoms with van der Waals surface area (Å²) in [6.45, 7) is 5.21. The molecule has 2 aliphatic rings. The van der Waals surface area contributed by atoms with Crippen molar-refractivity contribution in [2.45, 2.75) is 45.1 Å². The summed E-state index contributed by atoms with van der Waals surface area (Å²) in [7, 11) is 0. The molecular weight excluding hydrogens is 246 g/mol. The number of fused-ring (bicyclic) bond motifs is 3. The number of nitrogens with one attached hydrogen (secondary N) is 1. The zero-order chi connectivity index (χ0) is 14.3. The van der Waals surface area contributed by atoms with Gasteiger partial charge in [0, 0.05) is 11.7 Å². The second kappa shape index (κ2) is 4.79. The average molecular weight is 269 g/mol. The van der Waals surface area contributed by atoms with Gasteiger partial charge >= 0.3 is 0 Å². The number of nitriles is 1. The molecule has 1 aromatic rings. The molecule has 0 amide bonds. The van der Waals surface area contributed by atoms with Crippen LogP contribution in [0.3, 0.4) is 0 Å². The molecule has 0 spiro atoms. The van der Waals surface area contributed by atoms with Crippen LogP contribution in [0.4, 0.5) is 5.69 Å². The summed E-state index contributed by atoms with van der Waals surface area (Å²) >= 11 is 0. The van der Waals surface area contributed by atoms with Crippen LogP contribution in [0.2, 0.25) is 0 Å². The number of nitrogens with two attached hydrogens (primary N) is 1. The predicted molar refractivity (Wildman–Crippen MR) is 81.5 cm³/mol. The van der Waals surface area contributed by atoms with Crippen LogP contribution in [0.1, 0.15) is 50.2 Å². The lowest BCUT2D eigenvalue weighted by Gasteiger charge is -2.45. The van der Waals surface area contributed by atoms with Crippen LogP contribution < -0.4 is 11.1 Å². The van der Waals surface area contributed by atoms with E-state index >= 15 is 0 Å². The molecule has 20 heavy (non-hydrogen) atoms. The third kappa shape index (κ3) is 1.99. The van der Waals surface area contributed by atoms with Crippen molar-refractivity contribution in [3.8, 4) is 6.07 Å². The number of rotatable bonds is 2. The zero-order valence-electron chi connectivity index (χ0n) is 12.3. The molecule has 3 nitrogen and oxygen atoms in total. The number of hydrogen-bond donors (Lipinski definition) is 2. The molecular formula is C17H23N3. The molecule has 3 atom stereocenters. The van der Waals surface area contributed by atoms with Crippen molar-refractivity contribution in [2.24, 2.45) is 17.1 Å². The summed E-state index contributed by atoms with van der Waals surface area (Å²) in [4.78, 5) is 0. The normalized spacial score (nSPS) is 28.2. The maximum Gasteiger partial charge on any atom is 0.0991 e. The third-order valence-electron chi connectivity index (χ3n) is 5.26. The van der Waals surface area contributed by atoms with E-state index in [2.05, 4.69) is 37.4 Å². The minimum absolute atomic E-state index is 0.0961. The standard InChI is InChI=1S/C17H23N3/c1-17(2,10-19)16-13-5-3-4-12(13)14-8-11(9-18)6-7-15(14)20-16/h6-8,12-13,16,20H,3-5,10,19H2,1-2H3/t12-,13+,16-/m0/s1. The van der Waals surface area contributed by atoms with E-state index in [1.165, 1.54) is 30.5 Å². The first-order valence-electron chi connectivity index (χ1n) is 7.57. The van der Waals surface area contributed by atoms with Gasteiger partial charge in [-0.25, -0.2) is 0 Å². The number of nitrogens with zero attached hydrogens (tertiary/aromatic N) is 1. The lowest BCUT2D eigenvalue weighted by atomic mass is 9.69. The van der Waals surface area contributed by atoms with Gasteiger partial charge < -0.3 is 11.1 Å². The molecule has 0 saturated heterocycles. The van der Waals surface area contributed by atoms with Crippen molar-refractivity contribution in [1.29, 1.82) is 5.26 Å². The monoisotopic (exact) mass is 269 g/mol. The first kappa shape index (κ1) is 13.5. The quantitative estimate of drug-likeness (QED) is 0.866. The molecule has 1 aliphatic carbocycles. The molecule has 3 rings (SSSR count). The minimum Gasteiger partial charge on any atom is -0.381 e. The van der Waals surface area contributed by atoms with E-state index in [0.29, 0.717) is 24.4 Å². The van der Waals surface area contributed by atoms with E-state index in [1.807, 2.05) is 6.07 Å². The fourth-order valence-corrected chi connectivity index (χ4v) is 4.02. The van der Waals surface area contributed by atoms with Crippen LogP contribution in [-0.2, 0) is 0 Å². The van der Waals surface area contributed by atoms with Gasteiger partial charge in [-0.3, -0.25) is 0 Å². The Morgan fingerprint density at radius 2 is 2.20 bits per heavy atom. The summed E-state index contributed by atoms with van der Waals surface area (Å²) in [6.07, 6.45) is 3.79. The first-order valence-corrected chi connectivity index (χ1v) is 7.57. The van der Waals surface area contributed by atoms with Gasteiger partial charge in [0.15, 0.2) is 0 Å². The molecule has 3 N–H and O–H groups in total. The largest absolute Gasteiger partial charge is 0.381 e. The van der Waals surface area contributed by atoms with E-state index in [0.717, 1.165) is 5.56 Å². The highest BCUT2D eigenvalue weighted by atomic mass is 15.0. The van der Waals surface area contributed by atoms with E-state index < -0.39 is 0 Å². The highest BCUT2D eigenvalue weighted by molar-refractivity contribution is 5.60. The van der Waals surface area contributed by atoms with Crippen LogP contribution in [0.15, 0.2) is 18.2 Å².